The minimum Gasteiger partial charge on any atom is -0.435 e. The van der Waals surface area contributed by atoms with Gasteiger partial charge >= 0.3 is 0 Å². The summed E-state index contributed by atoms with van der Waals surface area (Å²) >= 11 is 0. The maximum Gasteiger partial charge on any atom is 0.253 e. The highest BCUT2D eigenvalue weighted by Gasteiger charge is 2.21. The van der Waals surface area contributed by atoms with E-state index in [0.29, 0.717) is 27.5 Å². The molecule has 0 radical (unpaired) electrons. The Kier molecular flexibility index (Phi) is 5.84. The lowest BCUT2D eigenvalue weighted by molar-refractivity contribution is 0.0643. The van der Waals surface area contributed by atoms with E-state index in [0.717, 1.165) is 49.7 Å². The molecule has 5 aromatic rings. The van der Waals surface area contributed by atoms with Crippen LogP contribution in [-0.4, -0.2) is 68.4 Å². The van der Waals surface area contributed by atoms with E-state index in [4.69, 9.17) is 4.74 Å². The number of aromatic amines is 2. The lowest BCUT2D eigenvalue weighted by Gasteiger charge is -2.34. The highest BCUT2D eigenvalue weighted by atomic mass is 19.1. The summed E-state index contributed by atoms with van der Waals surface area (Å²) < 4.78 is 21.0. The number of amides is 1. The van der Waals surface area contributed by atoms with Gasteiger partial charge in [-0.3, -0.25) is 4.79 Å². The van der Waals surface area contributed by atoms with Crippen LogP contribution in [-0.2, 0) is 0 Å². The molecule has 37 heavy (non-hydrogen) atoms. The Bertz CT molecular complexity index is 1600. The first-order chi connectivity index (χ1) is 18.0. The number of fused-ring (bicyclic) bond motifs is 2. The van der Waals surface area contributed by atoms with Gasteiger partial charge in [-0.1, -0.05) is 19.1 Å². The predicted octanol–water partition coefficient (Wildman–Crippen LogP) is 5.12. The molecule has 1 aliphatic heterocycles. The third kappa shape index (κ3) is 4.31. The minimum atomic E-state index is -0.444. The molecular formula is C28H27FN6O2. The fourth-order valence-corrected chi connectivity index (χ4v) is 4.87. The fourth-order valence-electron chi connectivity index (χ4n) is 4.87. The van der Waals surface area contributed by atoms with E-state index in [1.807, 2.05) is 42.2 Å². The van der Waals surface area contributed by atoms with Crippen LogP contribution in [0.4, 0.5) is 4.39 Å². The van der Waals surface area contributed by atoms with Crippen LogP contribution in [0.25, 0.3) is 33.2 Å². The van der Waals surface area contributed by atoms with E-state index in [-0.39, 0.29) is 17.5 Å². The summed E-state index contributed by atoms with van der Waals surface area (Å²) in [5, 5.41) is 1.10. The second-order valence-electron chi connectivity index (χ2n) is 9.32. The second-order valence-corrected chi connectivity index (χ2v) is 9.32. The first kappa shape index (κ1) is 23.2. The van der Waals surface area contributed by atoms with Crippen molar-refractivity contribution in [2.24, 2.45) is 0 Å². The summed E-state index contributed by atoms with van der Waals surface area (Å²) in [6, 6.07) is 14.5. The number of rotatable bonds is 5. The summed E-state index contributed by atoms with van der Waals surface area (Å²) in [6.07, 6.45) is 1.38. The van der Waals surface area contributed by atoms with Crippen molar-refractivity contribution in [1.29, 1.82) is 0 Å². The van der Waals surface area contributed by atoms with Gasteiger partial charge in [-0.05, 0) is 55.4 Å². The number of piperazine rings is 1. The smallest absolute Gasteiger partial charge is 0.253 e. The normalized spacial score (nSPS) is 14.5. The zero-order valence-electron chi connectivity index (χ0n) is 20.7. The number of ether oxygens (including phenoxy) is 1. The number of nitrogens with one attached hydrogen (secondary N) is 2. The topological polar surface area (TPSA) is 90.1 Å². The number of carbonyl (C=O) groups is 1. The number of hydrogen-bond acceptors (Lipinski definition) is 5. The Morgan fingerprint density at radius 1 is 1.00 bits per heavy atom. The molecule has 2 N–H and O–H groups in total. The van der Waals surface area contributed by atoms with Crippen molar-refractivity contribution < 1.29 is 13.9 Å². The fraction of sp³-hybridized carbons (Fsp3) is 0.250. The summed E-state index contributed by atoms with van der Waals surface area (Å²) in [6.45, 7) is 8.33. The average Bonchev–Trinajstić information content (AvgIpc) is 3.54. The number of likely N-dealkylation sites (N-methyl/N-ethyl adjacent to an activating group) is 1. The number of benzene rings is 2. The van der Waals surface area contributed by atoms with Crippen molar-refractivity contribution in [2.45, 2.75) is 13.8 Å². The number of H-pyrrole nitrogens is 2. The number of halogens is 1. The number of nitrogens with zero attached hydrogens (tertiary/aromatic N) is 4. The largest absolute Gasteiger partial charge is 0.435 e. The zero-order valence-corrected chi connectivity index (χ0v) is 20.7. The number of aromatic nitrogens is 4. The first-order valence-corrected chi connectivity index (χ1v) is 12.4. The van der Waals surface area contributed by atoms with Crippen molar-refractivity contribution in [2.75, 3.05) is 32.7 Å². The molecule has 0 unspecified atom stereocenters. The van der Waals surface area contributed by atoms with E-state index in [1.165, 1.54) is 6.33 Å². The van der Waals surface area contributed by atoms with Gasteiger partial charge in [0.1, 0.15) is 12.0 Å². The Morgan fingerprint density at radius 3 is 2.54 bits per heavy atom. The van der Waals surface area contributed by atoms with Gasteiger partial charge in [-0.2, -0.15) is 0 Å². The summed E-state index contributed by atoms with van der Waals surface area (Å²) in [4.78, 5) is 32.2. The Balaban J connectivity index is 1.24. The quantitative estimate of drug-likeness (QED) is 0.351. The van der Waals surface area contributed by atoms with Crippen molar-refractivity contribution in [3.8, 4) is 22.9 Å². The van der Waals surface area contributed by atoms with Gasteiger partial charge in [-0.25, -0.2) is 14.4 Å². The lowest BCUT2D eigenvalue weighted by Crippen LogP contribution is -2.48. The molecule has 9 heteroatoms. The SMILES string of the molecule is CCN1CCN(C(=O)c2ccc(-c3cc4c(Oc5ccc6[nH]c(C)cc6c5F)ncnc4[nH]3)cc2)CC1. The van der Waals surface area contributed by atoms with Crippen LogP contribution in [0.15, 0.2) is 54.9 Å². The van der Waals surface area contributed by atoms with Gasteiger partial charge < -0.3 is 24.5 Å². The van der Waals surface area contributed by atoms with Crippen molar-refractivity contribution in [1.82, 2.24) is 29.7 Å². The molecule has 0 spiro atoms. The van der Waals surface area contributed by atoms with Crippen LogP contribution in [0.1, 0.15) is 23.0 Å². The molecule has 8 nitrogen and oxygen atoms in total. The molecule has 0 aliphatic carbocycles. The Hall–Kier alpha value is -4.24. The lowest BCUT2D eigenvalue weighted by atomic mass is 10.1. The van der Waals surface area contributed by atoms with Crippen LogP contribution in [0.3, 0.4) is 0 Å². The van der Waals surface area contributed by atoms with Crippen LogP contribution in [0, 0.1) is 12.7 Å². The van der Waals surface area contributed by atoms with E-state index in [9.17, 15) is 4.79 Å². The van der Waals surface area contributed by atoms with Crippen LogP contribution < -0.4 is 4.74 Å². The Morgan fingerprint density at radius 2 is 1.78 bits per heavy atom. The van der Waals surface area contributed by atoms with Crippen LogP contribution in [0.2, 0.25) is 0 Å². The van der Waals surface area contributed by atoms with Gasteiger partial charge in [-0.15, -0.1) is 0 Å². The van der Waals surface area contributed by atoms with E-state index < -0.39 is 5.82 Å². The predicted molar refractivity (Wildman–Crippen MR) is 140 cm³/mol. The molecule has 0 atom stereocenters. The van der Waals surface area contributed by atoms with Gasteiger partial charge in [0.15, 0.2) is 11.6 Å². The molecule has 2 aromatic carbocycles. The van der Waals surface area contributed by atoms with Gasteiger partial charge in [0, 0.05) is 54.0 Å². The van der Waals surface area contributed by atoms with E-state index in [2.05, 4.69) is 31.8 Å². The van der Waals surface area contributed by atoms with Crippen molar-refractivity contribution in [3.63, 3.8) is 0 Å². The maximum atomic E-state index is 15.1. The zero-order chi connectivity index (χ0) is 25.5. The third-order valence-electron chi connectivity index (χ3n) is 6.98. The summed E-state index contributed by atoms with van der Waals surface area (Å²) in [5.74, 6) is -0.0363. The number of hydrogen-bond donors (Lipinski definition) is 2. The summed E-state index contributed by atoms with van der Waals surface area (Å²) in [5.41, 5.74) is 4.52. The first-order valence-electron chi connectivity index (χ1n) is 12.4. The molecule has 1 aliphatic rings. The molecule has 1 saturated heterocycles. The van der Waals surface area contributed by atoms with Crippen LogP contribution >= 0.6 is 0 Å². The molecule has 0 saturated carbocycles. The highest BCUT2D eigenvalue weighted by Crippen LogP contribution is 2.34. The highest BCUT2D eigenvalue weighted by molar-refractivity contribution is 5.95. The van der Waals surface area contributed by atoms with Crippen LogP contribution in [0.5, 0.6) is 11.6 Å². The van der Waals surface area contributed by atoms with E-state index >= 15 is 4.39 Å². The maximum absolute atomic E-state index is 15.1. The number of aryl methyl sites for hydroxylation is 1. The van der Waals surface area contributed by atoms with Gasteiger partial charge in [0.05, 0.1) is 5.39 Å². The van der Waals surface area contributed by atoms with Gasteiger partial charge in [0.25, 0.3) is 5.91 Å². The molecule has 3 aromatic heterocycles. The molecule has 0 bridgehead atoms. The average molecular weight is 499 g/mol. The summed E-state index contributed by atoms with van der Waals surface area (Å²) in [7, 11) is 0. The molecule has 1 amide bonds. The second kappa shape index (κ2) is 9.33. The third-order valence-corrected chi connectivity index (χ3v) is 6.98. The molecule has 1 fully saturated rings. The van der Waals surface area contributed by atoms with Crippen molar-refractivity contribution in [3.05, 3.63) is 71.9 Å². The van der Waals surface area contributed by atoms with Crippen molar-refractivity contribution >= 4 is 27.8 Å². The molecule has 6 rings (SSSR count). The van der Waals surface area contributed by atoms with E-state index in [1.54, 1.807) is 18.2 Å². The molecule has 188 valence electrons. The molecular weight excluding hydrogens is 471 g/mol. The Labute approximate surface area is 213 Å². The standard InChI is InChI=1S/C28H27FN6O2/c1-3-34-10-12-35(13-11-34)28(36)19-6-4-18(5-7-19)23-15-21-26(33-23)30-16-31-27(21)37-24-9-8-22-20(25(24)29)14-17(2)32-22/h4-9,14-16,32H,3,10-13H2,1-2H3,(H,30,31,33). The number of carbonyl (C=O) groups excluding carboxylic acids is 1. The minimum absolute atomic E-state index is 0.0529. The van der Waals surface area contributed by atoms with Gasteiger partial charge in [0.2, 0.25) is 5.88 Å². The molecule has 4 heterocycles. The monoisotopic (exact) mass is 498 g/mol.